The Bertz CT molecular complexity index is 1360. The zero-order chi connectivity index (χ0) is 26.4. The van der Waals surface area contributed by atoms with Crippen LogP contribution in [-0.4, -0.2) is 32.5 Å². The summed E-state index contributed by atoms with van der Waals surface area (Å²) in [4.78, 5) is 26.1. The molecule has 3 aromatic rings. The van der Waals surface area contributed by atoms with Gasteiger partial charge in [0.05, 0.1) is 11.3 Å². The fraction of sp³-hybridized carbons (Fsp3) is 0.375. The number of anilines is 1. The summed E-state index contributed by atoms with van der Waals surface area (Å²) in [5, 5.41) is 6.50. The van der Waals surface area contributed by atoms with Crippen molar-refractivity contribution >= 4 is 11.6 Å². The zero-order valence-electron chi connectivity index (χ0n) is 19.6. The molecule has 1 aliphatic carbocycles. The molecule has 12 heteroatoms. The smallest absolute Gasteiger partial charge is 0.425 e. The summed E-state index contributed by atoms with van der Waals surface area (Å²) in [5.74, 6) is -3.31. The molecule has 1 atom stereocenters. The maximum Gasteiger partial charge on any atom is 0.425 e. The van der Waals surface area contributed by atoms with Gasteiger partial charge in [0.1, 0.15) is 23.1 Å². The SMILES string of the molecule is Cc1cccc(F)c1NC(=O)c1cc(F)cc(-n2nc(C3CCC3)n(C)c2=O)c1O[C@@H](C)C(F)(F)F. The lowest BCUT2D eigenvalue weighted by Crippen LogP contribution is -2.33. The van der Waals surface area contributed by atoms with Gasteiger partial charge in [-0.15, -0.1) is 5.10 Å². The molecule has 1 saturated carbocycles. The maximum atomic E-state index is 14.7. The molecular formula is C24H23F5N4O3. The van der Waals surface area contributed by atoms with Crippen LogP contribution in [0.5, 0.6) is 5.75 Å². The number of para-hydroxylation sites is 1. The van der Waals surface area contributed by atoms with Gasteiger partial charge in [-0.1, -0.05) is 18.6 Å². The van der Waals surface area contributed by atoms with Gasteiger partial charge in [-0.3, -0.25) is 9.36 Å². The first-order chi connectivity index (χ1) is 16.9. The number of amides is 1. The summed E-state index contributed by atoms with van der Waals surface area (Å²) >= 11 is 0. The Balaban J connectivity index is 1.88. The lowest BCUT2D eigenvalue weighted by molar-refractivity contribution is -0.189. The van der Waals surface area contributed by atoms with Crippen molar-refractivity contribution in [3.63, 3.8) is 0 Å². The normalized spacial score (nSPS) is 14.9. The Morgan fingerprint density at radius 3 is 2.50 bits per heavy atom. The predicted molar refractivity (Wildman–Crippen MR) is 121 cm³/mol. The van der Waals surface area contributed by atoms with E-state index in [0.29, 0.717) is 24.4 Å². The lowest BCUT2D eigenvalue weighted by Gasteiger charge is -2.23. The molecule has 0 radical (unpaired) electrons. The first-order valence-corrected chi connectivity index (χ1v) is 11.2. The number of hydrogen-bond acceptors (Lipinski definition) is 4. The molecule has 0 unspecified atom stereocenters. The van der Waals surface area contributed by atoms with Gasteiger partial charge in [-0.2, -0.15) is 17.9 Å². The van der Waals surface area contributed by atoms with E-state index in [1.807, 2.05) is 0 Å². The number of carbonyl (C=O) groups is 1. The average molecular weight is 510 g/mol. The van der Waals surface area contributed by atoms with E-state index in [4.69, 9.17) is 4.74 Å². The van der Waals surface area contributed by atoms with Crippen molar-refractivity contribution in [2.75, 3.05) is 5.32 Å². The number of alkyl halides is 3. The molecule has 36 heavy (non-hydrogen) atoms. The molecule has 0 bridgehead atoms. The second-order valence-corrected chi connectivity index (χ2v) is 8.73. The van der Waals surface area contributed by atoms with Crippen LogP contribution in [0.1, 0.15) is 53.8 Å². The van der Waals surface area contributed by atoms with E-state index in [-0.39, 0.29) is 11.6 Å². The van der Waals surface area contributed by atoms with E-state index in [1.54, 1.807) is 0 Å². The average Bonchev–Trinajstić information content (AvgIpc) is 3.04. The molecular weight excluding hydrogens is 487 g/mol. The van der Waals surface area contributed by atoms with Crippen LogP contribution < -0.4 is 15.7 Å². The quantitative estimate of drug-likeness (QED) is 0.473. The Morgan fingerprint density at radius 1 is 1.22 bits per heavy atom. The highest BCUT2D eigenvalue weighted by Crippen LogP contribution is 2.37. The summed E-state index contributed by atoms with van der Waals surface area (Å²) in [6, 6.07) is 5.43. The molecule has 1 aromatic heterocycles. The number of nitrogens with one attached hydrogen (secondary N) is 1. The van der Waals surface area contributed by atoms with Gasteiger partial charge in [-0.05, 0) is 44.4 Å². The van der Waals surface area contributed by atoms with Crippen LogP contribution in [0.4, 0.5) is 27.6 Å². The molecule has 0 saturated heterocycles. The summed E-state index contributed by atoms with van der Waals surface area (Å²) in [5.41, 5.74) is -1.79. The van der Waals surface area contributed by atoms with Crippen molar-refractivity contribution in [2.24, 2.45) is 7.05 Å². The number of ether oxygens (including phenoxy) is 1. The molecule has 0 spiro atoms. The second kappa shape index (κ2) is 9.40. The second-order valence-electron chi connectivity index (χ2n) is 8.73. The summed E-state index contributed by atoms with van der Waals surface area (Å²) in [7, 11) is 1.45. The molecule has 0 aliphatic heterocycles. The number of nitrogens with zero attached hydrogens (tertiary/aromatic N) is 3. The van der Waals surface area contributed by atoms with Crippen LogP contribution in [0.15, 0.2) is 35.1 Å². The fourth-order valence-electron chi connectivity index (χ4n) is 3.88. The van der Waals surface area contributed by atoms with E-state index < -0.39 is 52.5 Å². The highest BCUT2D eigenvalue weighted by atomic mass is 19.4. The van der Waals surface area contributed by atoms with Gasteiger partial charge in [0.25, 0.3) is 5.91 Å². The van der Waals surface area contributed by atoms with E-state index in [9.17, 15) is 31.5 Å². The first-order valence-electron chi connectivity index (χ1n) is 11.2. The number of halogens is 5. The van der Waals surface area contributed by atoms with Gasteiger partial charge in [-0.25, -0.2) is 13.6 Å². The standard InChI is InChI=1S/C24H23F5N4O3/c1-12-6-4-9-17(26)19(12)30-22(34)16-10-15(25)11-18(20(16)36-13(2)24(27,28)29)33-23(35)32(3)21(31-33)14-7-5-8-14/h4,6,9-11,13-14H,5,7-8H2,1-3H3,(H,30,34)/t13-/m0/s1. The molecule has 1 fully saturated rings. The minimum Gasteiger partial charge on any atom is -0.478 e. The number of aromatic nitrogens is 3. The molecule has 192 valence electrons. The van der Waals surface area contributed by atoms with E-state index >= 15 is 0 Å². The van der Waals surface area contributed by atoms with Crippen LogP contribution in [0.3, 0.4) is 0 Å². The van der Waals surface area contributed by atoms with E-state index in [1.165, 1.54) is 30.7 Å². The van der Waals surface area contributed by atoms with Crippen LogP contribution in [0.25, 0.3) is 5.69 Å². The van der Waals surface area contributed by atoms with Crippen molar-refractivity contribution in [1.82, 2.24) is 14.3 Å². The van der Waals surface area contributed by atoms with E-state index in [2.05, 4.69) is 10.4 Å². The Kier molecular flexibility index (Phi) is 6.63. The first kappa shape index (κ1) is 25.4. The van der Waals surface area contributed by atoms with Crippen LogP contribution in [0, 0.1) is 18.6 Å². The van der Waals surface area contributed by atoms with Crippen molar-refractivity contribution in [3.8, 4) is 11.4 Å². The van der Waals surface area contributed by atoms with Crippen molar-refractivity contribution in [1.29, 1.82) is 0 Å². The summed E-state index contributed by atoms with van der Waals surface area (Å²) in [6.45, 7) is 2.21. The summed E-state index contributed by atoms with van der Waals surface area (Å²) < 4.78 is 76.3. The zero-order valence-corrected chi connectivity index (χ0v) is 19.6. The van der Waals surface area contributed by atoms with Gasteiger partial charge in [0, 0.05) is 19.0 Å². The van der Waals surface area contributed by atoms with Crippen molar-refractivity contribution in [3.05, 3.63) is 69.4 Å². The van der Waals surface area contributed by atoms with Gasteiger partial charge >= 0.3 is 11.9 Å². The van der Waals surface area contributed by atoms with Gasteiger partial charge in [0.2, 0.25) is 0 Å². The van der Waals surface area contributed by atoms with Crippen LogP contribution in [-0.2, 0) is 7.05 Å². The Hall–Kier alpha value is -3.70. The molecule has 1 N–H and O–H groups in total. The topological polar surface area (TPSA) is 78.2 Å². The predicted octanol–water partition coefficient (Wildman–Crippen LogP) is 5.01. The third-order valence-corrected chi connectivity index (χ3v) is 6.21. The van der Waals surface area contributed by atoms with Gasteiger partial charge < -0.3 is 10.1 Å². The Labute approximate surface area is 202 Å². The van der Waals surface area contributed by atoms with Crippen molar-refractivity contribution in [2.45, 2.75) is 51.3 Å². The number of rotatable bonds is 6. The van der Waals surface area contributed by atoms with Crippen LogP contribution >= 0.6 is 0 Å². The lowest BCUT2D eigenvalue weighted by atomic mass is 9.85. The molecule has 4 rings (SSSR count). The molecule has 2 aromatic carbocycles. The van der Waals surface area contributed by atoms with Crippen LogP contribution in [0.2, 0.25) is 0 Å². The molecule has 7 nitrogen and oxygen atoms in total. The molecule has 1 heterocycles. The third kappa shape index (κ3) is 4.71. The largest absolute Gasteiger partial charge is 0.478 e. The maximum absolute atomic E-state index is 14.7. The number of aryl methyl sites for hydroxylation is 1. The minimum absolute atomic E-state index is 0.0252. The highest BCUT2D eigenvalue weighted by Gasteiger charge is 2.40. The van der Waals surface area contributed by atoms with E-state index in [0.717, 1.165) is 36.1 Å². The monoisotopic (exact) mass is 510 g/mol. The minimum atomic E-state index is -4.84. The van der Waals surface area contributed by atoms with Crippen molar-refractivity contribution < 1.29 is 31.5 Å². The Morgan fingerprint density at radius 2 is 1.92 bits per heavy atom. The van der Waals surface area contributed by atoms with Gasteiger partial charge in [0.15, 0.2) is 11.9 Å². The summed E-state index contributed by atoms with van der Waals surface area (Å²) in [6.07, 6.45) is -4.78. The molecule has 1 aliphatic rings. The molecule has 1 amide bonds. The number of carbonyl (C=O) groups excluding carboxylic acids is 1. The fourth-order valence-corrected chi connectivity index (χ4v) is 3.88. The number of hydrogen-bond donors (Lipinski definition) is 1. The highest BCUT2D eigenvalue weighted by molar-refractivity contribution is 6.07. The third-order valence-electron chi connectivity index (χ3n) is 6.21. The number of benzene rings is 2.